The van der Waals surface area contributed by atoms with Crippen LogP contribution in [-0.4, -0.2) is 13.0 Å². The van der Waals surface area contributed by atoms with E-state index in [-0.39, 0.29) is 5.56 Å². The third kappa shape index (κ3) is 2.88. The molecular weight excluding hydrogens is 257 g/mol. The van der Waals surface area contributed by atoms with Gasteiger partial charge in [0, 0.05) is 19.3 Å². The van der Waals surface area contributed by atoms with Crippen molar-refractivity contribution in [1.82, 2.24) is 0 Å². The van der Waals surface area contributed by atoms with Crippen molar-refractivity contribution in [1.29, 1.82) is 0 Å². The molecule has 0 fully saturated rings. The highest BCUT2D eigenvalue weighted by atomic mass is 19.1. The lowest BCUT2D eigenvalue weighted by Gasteiger charge is -2.22. The van der Waals surface area contributed by atoms with Gasteiger partial charge in [-0.05, 0) is 29.8 Å². The summed E-state index contributed by atoms with van der Waals surface area (Å²) in [6.07, 6.45) is 0. The molecule has 0 spiro atoms. The van der Waals surface area contributed by atoms with Gasteiger partial charge in [0.15, 0.2) is 0 Å². The number of nitrogens with zero attached hydrogens (tertiary/aromatic N) is 1. The number of nitrogens with two attached hydrogens (primary N) is 2. The van der Waals surface area contributed by atoms with Crippen molar-refractivity contribution in [2.45, 2.75) is 6.54 Å². The van der Waals surface area contributed by atoms with Crippen molar-refractivity contribution in [3.05, 3.63) is 59.4 Å². The largest absolute Gasteiger partial charge is 0.399 e. The average molecular weight is 273 g/mol. The molecular formula is C15H16FN3O. The highest BCUT2D eigenvalue weighted by Crippen LogP contribution is 2.23. The van der Waals surface area contributed by atoms with Crippen LogP contribution in [0, 0.1) is 5.82 Å². The number of rotatable bonds is 4. The predicted molar refractivity (Wildman–Crippen MR) is 77.9 cm³/mol. The first-order valence-electron chi connectivity index (χ1n) is 6.13. The summed E-state index contributed by atoms with van der Waals surface area (Å²) in [6.45, 7) is 0.518. The summed E-state index contributed by atoms with van der Waals surface area (Å²) < 4.78 is 13.7. The van der Waals surface area contributed by atoms with Gasteiger partial charge in [0.1, 0.15) is 5.82 Å². The van der Waals surface area contributed by atoms with E-state index in [1.54, 1.807) is 36.2 Å². The molecule has 4 nitrogen and oxygen atoms in total. The molecule has 0 aliphatic carbocycles. The van der Waals surface area contributed by atoms with E-state index in [9.17, 15) is 9.18 Å². The second-order valence-corrected chi connectivity index (χ2v) is 4.60. The number of nitrogen functional groups attached to an aromatic ring is 1. The lowest BCUT2D eigenvalue weighted by atomic mass is 10.1. The fraction of sp³-hybridized carbons (Fsp3) is 0.133. The van der Waals surface area contributed by atoms with Crippen molar-refractivity contribution in [3.8, 4) is 0 Å². The Morgan fingerprint density at radius 3 is 2.45 bits per heavy atom. The number of hydrogen-bond acceptors (Lipinski definition) is 3. The Morgan fingerprint density at radius 1 is 1.20 bits per heavy atom. The minimum atomic E-state index is -0.776. The van der Waals surface area contributed by atoms with Crippen LogP contribution in [-0.2, 0) is 6.54 Å². The standard InChI is InChI=1S/C15H16FN3O/c1-19(9-10-5-7-11(17)8-6-10)13-4-2-3-12(16)14(13)15(18)20/h2-8H,9,17H2,1H3,(H2,18,20). The number of carbonyl (C=O) groups excluding carboxylic acids is 1. The molecule has 0 unspecified atom stereocenters. The van der Waals surface area contributed by atoms with Crippen LogP contribution in [0.5, 0.6) is 0 Å². The van der Waals surface area contributed by atoms with Crippen LogP contribution in [0.4, 0.5) is 15.8 Å². The predicted octanol–water partition coefficient (Wildman–Crippen LogP) is 2.14. The first-order valence-corrected chi connectivity index (χ1v) is 6.13. The molecule has 0 aromatic heterocycles. The molecule has 2 rings (SSSR count). The van der Waals surface area contributed by atoms with E-state index in [4.69, 9.17) is 11.5 Å². The molecule has 1 amide bonds. The van der Waals surface area contributed by atoms with E-state index >= 15 is 0 Å². The fourth-order valence-electron chi connectivity index (χ4n) is 2.06. The van der Waals surface area contributed by atoms with Gasteiger partial charge in [-0.3, -0.25) is 4.79 Å². The normalized spacial score (nSPS) is 10.3. The smallest absolute Gasteiger partial charge is 0.253 e. The molecule has 0 aliphatic rings. The molecule has 0 saturated heterocycles. The molecule has 2 aromatic rings. The van der Waals surface area contributed by atoms with Gasteiger partial charge in [-0.1, -0.05) is 18.2 Å². The van der Waals surface area contributed by atoms with Crippen molar-refractivity contribution in [2.24, 2.45) is 5.73 Å². The summed E-state index contributed by atoms with van der Waals surface area (Å²) in [5.74, 6) is -1.39. The zero-order chi connectivity index (χ0) is 14.7. The zero-order valence-corrected chi connectivity index (χ0v) is 11.1. The van der Waals surface area contributed by atoms with Crippen molar-refractivity contribution < 1.29 is 9.18 Å². The Morgan fingerprint density at radius 2 is 1.85 bits per heavy atom. The van der Waals surface area contributed by atoms with Crippen molar-refractivity contribution >= 4 is 17.3 Å². The molecule has 20 heavy (non-hydrogen) atoms. The molecule has 104 valence electrons. The Kier molecular flexibility index (Phi) is 3.89. The van der Waals surface area contributed by atoms with Gasteiger partial charge in [-0.25, -0.2) is 4.39 Å². The molecule has 0 radical (unpaired) electrons. The van der Waals surface area contributed by atoms with Gasteiger partial charge in [-0.2, -0.15) is 0 Å². The van der Waals surface area contributed by atoms with Crippen LogP contribution in [0.2, 0.25) is 0 Å². The highest BCUT2D eigenvalue weighted by molar-refractivity contribution is 5.98. The monoisotopic (exact) mass is 273 g/mol. The first kappa shape index (κ1) is 13.9. The minimum Gasteiger partial charge on any atom is -0.399 e. The van der Waals surface area contributed by atoms with Crippen LogP contribution in [0.3, 0.4) is 0 Å². The van der Waals surface area contributed by atoms with E-state index in [0.29, 0.717) is 17.9 Å². The maximum absolute atomic E-state index is 13.7. The number of amides is 1. The summed E-state index contributed by atoms with van der Waals surface area (Å²) in [5.41, 5.74) is 12.9. The van der Waals surface area contributed by atoms with E-state index in [0.717, 1.165) is 5.56 Å². The van der Waals surface area contributed by atoms with E-state index < -0.39 is 11.7 Å². The average Bonchev–Trinajstić information content (AvgIpc) is 2.40. The van der Waals surface area contributed by atoms with Crippen LogP contribution in [0.1, 0.15) is 15.9 Å². The van der Waals surface area contributed by atoms with Crippen LogP contribution < -0.4 is 16.4 Å². The van der Waals surface area contributed by atoms with Crippen LogP contribution >= 0.6 is 0 Å². The number of halogens is 1. The molecule has 0 atom stereocenters. The number of anilines is 2. The van der Waals surface area contributed by atoms with Gasteiger partial charge < -0.3 is 16.4 Å². The van der Waals surface area contributed by atoms with Crippen LogP contribution in [0.15, 0.2) is 42.5 Å². The minimum absolute atomic E-state index is 0.0922. The lowest BCUT2D eigenvalue weighted by Crippen LogP contribution is -2.23. The zero-order valence-electron chi connectivity index (χ0n) is 11.1. The SMILES string of the molecule is CN(Cc1ccc(N)cc1)c1cccc(F)c1C(N)=O. The topological polar surface area (TPSA) is 72.3 Å². The van der Waals surface area contributed by atoms with Gasteiger partial charge in [0.25, 0.3) is 5.91 Å². The number of benzene rings is 2. The second kappa shape index (κ2) is 5.61. The molecule has 0 saturated carbocycles. The Hall–Kier alpha value is -2.56. The van der Waals surface area contributed by atoms with Gasteiger partial charge in [0.05, 0.1) is 11.3 Å². The third-order valence-corrected chi connectivity index (χ3v) is 3.05. The summed E-state index contributed by atoms with van der Waals surface area (Å²) in [5, 5.41) is 0. The Bertz CT molecular complexity index is 626. The van der Waals surface area contributed by atoms with Crippen molar-refractivity contribution in [3.63, 3.8) is 0 Å². The maximum atomic E-state index is 13.7. The van der Waals surface area contributed by atoms with Gasteiger partial charge >= 0.3 is 0 Å². The summed E-state index contributed by atoms with van der Waals surface area (Å²) in [7, 11) is 1.78. The quantitative estimate of drug-likeness (QED) is 0.838. The van der Waals surface area contributed by atoms with E-state index in [2.05, 4.69) is 0 Å². The number of primary amides is 1. The molecule has 0 aliphatic heterocycles. The van der Waals surface area contributed by atoms with E-state index in [1.807, 2.05) is 12.1 Å². The summed E-state index contributed by atoms with van der Waals surface area (Å²) in [6, 6.07) is 11.8. The fourth-order valence-corrected chi connectivity index (χ4v) is 2.06. The first-order chi connectivity index (χ1) is 9.49. The molecule has 0 heterocycles. The van der Waals surface area contributed by atoms with E-state index in [1.165, 1.54) is 6.07 Å². The molecule has 4 N–H and O–H groups in total. The third-order valence-electron chi connectivity index (χ3n) is 3.05. The summed E-state index contributed by atoms with van der Waals surface area (Å²) >= 11 is 0. The van der Waals surface area contributed by atoms with Crippen LogP contribution in [0.25, 0.3) is 0 Å². The molecule has 5 heteroatoms. The highest BCUT2D eigenvalue weighted by Gasteiger charge is 2.16. The lowest BCUT2D eigenvalue weighted by molar-refractivity contribution is 0.0997. The maximum Gasteiger partial charge on any atom is 0.253 e. The summed E-state index contributed by atoms with van der Waals surface area (Å²) in [4.78, 5) is 13.2. The number of carbonyl (C=O) groups is 1. The van der Waals surface area contributed by atoms with Gasteiger partial charge in [0.2, 0.25) is 0 Å². The van der Waals surface area contributed by atoms with Gasteiger partial charge in [-0.15, -0.1) is 0 Å². The van der Waals surface area contributed by atoms with Crippen molar-refractivity contribution in [2.75, 3.05) is 17.7 Å². The Labute approximate surface area is 116 Å². The Balaban J connectivity index is 2.29. The number of hydrogen-bond donors (Lipinski definition) is 2. The molecule has 0 bridgehead atoms. The second-order valence-electron chi connectivity index (χ2n) is 4.60. The molecule has 2 aromatic carbocycles.